The van der Waals surface area contributed by atoms with E-state index in [1.807, 2.05) is 33.0 Å². The first kappa shape index (κ1) is 16.5. The molecule has 0 bridgehead atoms. The van der Waals surface area contributed by atoms with Crippen molar-refractivity contribution in [1.29, 1.82) is 5.41 Å². The predicted octanol–water partition coefficient (Wildman–Crippen LogP) is 3.19. The second kappa shape index (κ2) is 8.59. The van der Waals surface area contributed by atoms with E-state index in [1.165, 1.54) is 6.21 Å². The van der Waals surface area contributed by atoms with Gasteiger partial charge in [0.2, 0.25) is 0 Å². The van der Waals surface area contributed by atoms with Crippen LogP contribution in [0.1, 0.15) is 37.8 Å². The number of ether oxygens (including phenoxy) is 1. The summed E-state index contributed by atoms with van der Waals surface area (Å²) >= 11 is 0. The van der Waals surface area contributed by atoms with Crippen molar-refractivity contribution in [3.05, 3.63) is 23.3 Å². The zero-order chi connectivity index (χ0) is 15.0. The van der Waals surface area contributed by atoms with Gasteiger partial charge in [-0.1, -0.05) is 13.0 Å². The van der Waals surface area contributed by atoms with E-state index in [2.05, 4.69) is 17.6 Å². The lowest BCUT2D eigenvalue weighted by Gasteiger charge is -2.21. The maximum absolute atomic E-state index is 7.68. The molecule has 1 aromatic carbocycles. The monoisotopic (exact) mass is 277 g/mol. The molecule has 1 aromatic rings. The van der Waals surface area contributed by atoms with Gasteiger partial charge in [-0.2, -0.15) is 0 Å². The van der Waals surface area contributed by atoms with Crippen molar-refractivity contribution in [2.75, 3.05) is 25.5 Å². The second-order valence-electron chi connectivity index (χ2n) is 4.89. The van der Waals surface area contributed by atoms with Crippen LogP contribution in [0.25, 0.3) is 0 Å². The zero-order valence-corrected chi connectivity index (χ0v) is 13.0. The van der Waals surface area contributed by atoms with E-state index in [9.17, 15) is 0 Å². The molecular weight excluding hydrogens is 250 g/mol. The van der Waals surface area contributed by atoms with Crippen molar-refractivity contribution < 1.29 is 4.74 Å². The van der Waals surface area contributed by atoms with Gasteiger partial charge in [-0.3, -0.25) is 0 Å². The Balaban J connectivity index is 2.98. The Morgan fingerprint density at radius 3 is 2.65 bits per heavy atom. The van der Waals surface area contributed by atoms with Gasteiger partial charge in [0, 0.05) is 17.9 Å². The number of hydrogen-bond acceptors (Lipinski definition) is 4. The molecule has 0 fully saturated rings. The third-order valence-electron chi connectivity index (χ3n) is 3.42. The Morgan fingerprint density at radius 2 is 2.10 bits per heavy atom. The van der Waals surface area contributed by atoms with Gasteiger partial charge >= 0.3 is 0 Å². The minimum Gasteiger partial charge on any atom is -0.493 e. The Kier molecular flexibility index (Phi) is 7.09. The van der Waals surface area contributed by atoms with Gasteiger partial charge in [0.25, 0.3) is 0 Å². The molecule has 3 N–H and O–H groups in total. The summed E-state index contributed by atoms with van der Waals surface area (Å²) in [6, 6.07) is 4.49. The van der Waals surface area contributed by atoms with E-state index in [0.717, 1.165) is 42.0 Å². The largest absolute Gasteiger partial charge is 0.493 e. The molecule has 0 amide bonds. The van der Waals surface area contributed by atoms with Gasteiger partial charge < -0.3 is 20.8 Å². The second-order valence-corrected chi connectivity index (χ2v) is 4.89. The van der Waals surface area contributed by atoms with E-state index in [0.29, 0.717) is 12.6 Å². The minimum atomic E-state index is 0.401. The average molecular weight is 277 g/mol. The number of nitrogens with one attached hydrogen (secondary N) is 3. The molecule has 4 heteroatoms. The SMILES string of the molecule is CCOc1c(C)ccc(NC(CC)CCNC)c1C=N. The fourth-order valence-electron chi connectivity index (χ4n) is 2.23. The van der Waals surface area contributed by atoms with Crippen LogP contribution in [-0.2, 0) is 0 Å². The highest BCUT2D eigenvalue weighted by atomic mass is 16.5. The van der Waals surface area contributed by atoms with E-state index in [4.69, 9.17) is 10.1 Å². The third kappa shape index (κ3) is 4.23. The van der Waals surface area contributed by atoms with Crippen molar-refractivity contribution in [2.45, 2.75) is 39.7 Å². The van der Waals surface area contributed by atoms with Gasteiger partial charge in [-0.25, -0.2) is 0 Å². The van der Waals surface area contributed by atoms with Crippen LogP contribution >= 0.6 is 0 Å². The first-order valence-corrected chi connectivity index (χ1v) is 7.35. The fourth-order valence-corrected chi connectivity index (χ4v) is 2.23. The van der Waals surface area contributed by atoms with Crippen LogP contribution in [0.3, 0.4) is 0 Å². The van der Waals surface area contributed by atoms with Gasteiger partial charge in [0.15, 0.2) is 0 Å². The maximum Gasteiger partial charge on any atom is 0.133 e. The van der Waals surface area contributed by atoms with Crippen molar-refractivity contribution in [3.8, 4) is 5.75 Å². The molecule has 0 aromatic heterocycles. The molecule has 0 saturated carbocycles. The maximum atomic E-state index is 7.68. The first-order valence-electron chi connectivity index (χ1n) is 7.35. The van der Waals surface area contributed by atoms with E-state index >= 15 is 0 Å². The molecule has 0 saturated heterocycles. The Bertz CT molecular complexity index is 432. The van der Waals surface area contributed by atoms with Gasteiger partial charge in [0.1, 0.15) is 5.75 Å². The van der Waals surface area contributed by atoms with E-state index < -0.39 is 0 Å². The lowest BCUT2D eigenvalue weighted by Crippen LogP contribution is -2.24. The number of rotatable bonds is 9. The van der Waals surface area contributed by atoms with Crippen LogP contribution in [-0.4, -0.2) is 32.5 Å². The number of anilines is 1. The lowest BCUT2D eigenvalue weighted by molar-refractivity contribution is 0.337. The Morgan fingerprint density at radius 1 is 1.35 bits per heavy atom. The van der Waals surface area contributed by atoms with E-state index in [-0.39, 0.29) is 0 Å². The smallest absolute Gasteiger partial charge is 0.133 e. The Hall–Kier alpha value is -1.55. The summed E-state index contributed by atoms with van der Waals surface area (Å²) in [7, 11) is 1.97. The summed E-state index contributed by atoms with van der Waals surface area (Å²) in [6.07, 6.45) is 3.49. The molecule has 0 radical (unpaired) electrons. The zero-order valence-electron chi connectivity index (χ0n) is 13.0. The normalized spacial score (nSPS) is 12.0. The number of aryl methyl sites for hydroxylation is 1. The highest BCUT2D eigenvalue weighted by molar-refractivity contribution is 5.90. The quantitative estimate of drug-likeness (QED) is 0.608. The number of hydrogen-bond donors (Lipinski definition) is 3. The van der Waals surface area contributed by atoms with Crippen molar-refractivity contribution in [2.24, 2.45) is 0 Å². The first-order chi connectivity index (χ1) is 9.67. The molecule has 112 valence electrons. The lowest BCUT2D eigenvalue weighted by atomic mass is 10.1. The average Bonchev–Trinajstić information content (AvgIpc) is 2.46. The highest BCUT2D eigenvalue weighted by Gasteiger charge is 2.13. The molecule has 1 unspecified atom stereocenters. The van der Waals surface area contributed by atoms with Crippen LogP contribution in [0.2, 0.25) is 0 Å². The molecule has 1 rings (SSSR count). The van der Waals surface area contributed by atoms with Crippen LogP contribution < -0.4 is 15.4 Å². The van der Waals surface area contributed by atoms with Gasteiger partial charge in [-0.15, -0.1) is 0 Å². The van der Waals surface area contributed by atoms with Gasteiger partial charge in [-0.05, 0) is 51.9 Å². The molecule has 0 heterocycles. The predicted molar refractivity (Wildman–Crippen MR) is 86.5 cm³/mol. The van der Waals surface area contributed by atoms with Crippen LogP contribution in [0.4, 0.5) is 5.69 Å². The summed E-state index contributed by atoms with van der Waals surface area (Å²) < 4.78 is 5.69. The molecule has 1 atom stereocenters. The van der Waals surface area contributed by atoms with Crippen LogP contribution in [0.15, 0.2) is 12.1 Å². The number of benzene rings is 1. The summed E-state index contributed by atoms with van der Waals surface area (Å²) in [5.41, 5.74) is 2.89. The molecule has 4 nitrogen and oxygen atoms in total. The fraction of sp³-hybridized carbons (Fsp3) is 0.562. The molecular formula is C16H27N3O. The summed E-state index contributed by atoms with van der Waals surface area (Å²) in [5.74, 6) is 0.816. The minimum absolute atomic E-state index is 0.401. The third-order valence-corrected chi connectivity index (χ3v) is 3.42. The molecule has 0 spiro atoms. The standard InChI is InChI=1S/C16H27N3O/c1-5-13(9-10-18-4)19-15-8-7-12(3)16(20-6-2)14(15)11-17/h7-8,11,13,17-19H,5-6,9-10H2,1-4H3. The summed E-state index contributed by atoms with van der Waals surface area (Å²) in [5, 5.41) is 14.4. The molecule has 0 aliphatic heterocycles. The van der Waals surface area contributed by atoms with Crippen molar-refractivity contribution >= 4 is 11.9 Å². The van der Waals surface area contributed by atoms with Crippen LogP contribution in [0.5, 0.6) is 5.75 Å². The Labute approximate surface area is 122 Å². The highest BCUT2D eigenvalue weighted by Crippen LogP contribution is 2.29. The molecule has 20 heavy (non-hydrogen) atoms. The summed E-state index contributed by atoms with van der Waals surface area (Å²) in [6.45, 7) is 7.75. The molecule has 0 aliphatic carbocycles. The van der Waals surface area contributed by atoms with Crippen molar-refractivity contribution in [1.82, 2.24) is 5.32 Å². The van der Waals surface area contributed by atoms with Gasteiger partial charge in [0.05, 0.1) is 12.2 Å². The van der Waals surface area contributed by atoms with Crippen molar-refractivity contribution in [3.63, 3.8) is 0 Å². The summed E-state index contributed by atoms with van der Waals surface area (Å²) in [4.78, 5) is 0. The van der Waals surface area contributed by atoms with E-state index in [1.54, 1.807) is 0 Å². The van der Waals surface area contributed by atoms with Crippen LogP contribution in [0, 0.1) is 12.3 Å². The topological polar surface area (TPSA) is 57.1 Å². The molecule has 0 aliphatic rings.